The Hall–Kier alpha value is -1.24. The molecule has 0 aliphatic carbocycles. The smallest absolute Gasteiger partial charge is 0.340 e. The van der Waals surface area contributed by atoms with E-state index in [1.54, 1.807) is 6.07 Å². The summed E-state index contributed by atoms with van der Waals surface area (Å²) in [6.07, 6.45) is 0. The van der Waals surface area contributed by atoms with E-state index in [0.29, 0.717) is 0 Å². The van der Waals surface area contributed by atoms with Gasteiger partial charge in [-0.1, -0.05) is 30.3 Å². The number of nitrogens with two attached hydrogens (primary N) is 1. The first-order chi connectivity index (χ1) is 6.49. The molecule has 0 fully saturated rings. The maximum Gasteiger partial charge on any atom is 0.340 e. The van der Waals surface area contributed by atoms with Crippen LogP contribution in [-0.4, -0.2) is 19.8 Å². The summed E-state index contributed by atoms with van der Waals surface area (Å²) in [6, 6.07) is 7.38. The topological polar surface area (TPSA) is 103 Å². The minimum atomic E-state index is -2.92. The molecule has 3 N–H and O–H groups in total. The molecule has 0 aliphatic rings. The molecule has 0 saturated carbocycles. The summed E-state index contributed by atoms with van der Waals surface area (Å²) in [5.74, 6) is -1.60. The van der Waals surface area contributed by atoms with Crippen molar-refractivity contribution in [3.63, 3.8) is 0 Å². The standard InChI is InChI=1S/C8H9NO4S/c9-8(7(10)11,14(12)13)6-4-2-1-3-5-6/h1-5H,9H2,(H,10,11)(H,12,13)/p-1. The molecule has 76 valence electrons. The first kappa shape index (κ1) is 10.8. The van der Waals surface area contributed by atoms with Gasteiger partial charge in [-0.05, 0) is 16.6 Å². The fourth-order valence-electron chi connectivity index (χ4n) is 0.977. The van der Waals surface area contributed by atoms with Crippen molar-refractivity contribution in [2.24, 2.45) is 5.73 Å². The van der Waals surface area contributed by atoms with Crippen LogP contribution in [-0.2, 0) is 20.7 Å². The zero-order valence-electron chi connectivity index (χ0n) is 7.04. The van der Waals surface area contributed by atoms with Crippen LogP contribution in [0.1, 0.15) is 5.56 Å². The summed E-state index contributed by atoms with van der Waals surface area (Å²) < 4.78 is 21.5. The second-order valence-electron chi connectivity index (χ2n) is 2.64. The van der Waals surface area contributed by atoms with Crippen molar-refractivity contribution < 1.29 is 18.7 Å². The number of hydrogen-bond donors (Lipinski definition) is 2. The molecular formula is C8H8NO4S-. The van der Waals surface area contributed by atoms with Crippen molar-refractivity contribution in [1.82, 2.24) is 0 Å². The van der Waals surface area contributed by atoms with Crippen LogP contribution < -0.4 is 5.73 Å². The minimum absolute atomic E-state index is 0.0285. The van der Waals surface area contributed by atoms with Gasteiger partial charge in [-0.25, -0.2) is 4.79 Å². The van der Waals surface area contributed by atoms with Crippen molar-refractivity contribution in [2.75, 3.05) is 0 Å². The van der Waals surface area contributed by atoms with Gasteiger partial charge in [0, 0.05) is 0 Å². The second-order valence-corrected chi connectivity index (χ2v) is 3.75. The molecule has 0 spiro atoms. The number of carboxylic acid groups (broad SMARTS) is 1. The lowest BCUT2D eigenvalue weighted by Crippen LogP contribution is -2.48. The summed E-state index contributed by atoms with van der Waals surface area (Å²) in [6.45, 7) is 0. The average molecular weight is 214 g/mol. The summed E-state index contributed by atoms with van der Waals surface area (Å²) in [5, 5.41) is 8.74. The second kappa shape index (κ2) is 3.87. The molecule has 2 unspecified atom stereocenters. The van der Waals surface area contributed by atoms with Gasteiger partial charge in [0.25, 0.3) is 0 Å². The molecule has 0 heterocycles. The van der Waals surface area contributed by atoms with Crippen molar-refractivity contribution in [1.29, 1.82) is 0 Å². The highest BCUT2D eigenvalue weighted by Crippen LogP contribution is 2.21. The summed E-state index contributed by atoms with van der Waals surface area (Å²) in [4.78, 5) is 8.37. The lowest BCUT2D eigenvalue weighted by Gasteiger charge is -2.27. The Labute approximate surface area is 82.8 Å². The SMILES string of the molecule is NC(C(=O)O)(c1ccccc1)S(=O)[O-]. The molecule has 14 heavy (non-hydrogen) atoms. The monoisotopic (exact) mass is 214 g/mol. The van der Waals surface area contributed by atoms with Gasteiger partial charge in [-0.2, -0.15) is 0 Å². The van der Waals surface area contributed by atoms with Crippen LogP contribution in [0.25, 0.3) is 0 Å². The minimum Gasteiger partial charge on any atom is -0.770 e. The maximum atomic E-state index is 10.8. The van der Waals surface area contributed by atoms with E-state index in [0.717, 1.165) is 0 Å². The fraction of sp³-hybridized carbons (Fsp3) is 0.125. The highest BCUT2D eigenvalue weighted by molar-refractivity contribution is 7.81. The quantitative estimate of drug-likeness (QED) is 0.676. The van der Waals surface area contributed by atoms with E-state index < -0.39 is 21.9 Å². The lowest BCUT2D eigenvalue weighted by molar-refractivity contribution is -0.140. The van der Waals surface area contributed by atoms with Gasteiger partial charge in [0.15, 0.2) is 0 Å². The normalized spacial score (nSPS) is 17.0. The average Bonchev–Trinajstić information content (AvgIpc) is 2.17. The van der Waals surface area contributed by atoms with E-state index >= 15 is 0 Å². The van der Waals surface area contributed by atoms with Crippen LogP contribution in [0.4, 0.5) is 0 Å². The van der Waals surface area contributed by atoms with E-state index in [1.807, 2.05) is 0 Å². The van der Waals surface area contributed by atoms with Gasteiger partial charge < -0.3 is 15.4 Å². The zero-order valence-corrected chi connectivity index (χ0v) is 7.86. The third-order valence-corrected chi connectivity index (χ3v) is 2.72. The van der Waals surface area contributed by atoms with E-state index in [9.17, 15) is 13.6 Å². The molecule has 0 saturated heterocycles. The van der Waals surface area contributed by atoms with Gasteiger partial charge in [0.2, 0.25) is 4.87 Å². The highest BCUT2D eigenvalue weighted by Gasteiger charge is 2.37. The van der Waals surface area contributed by atoms with Crippen LogP contribution in [0.15, 0.2) is 30.3 Å². The molecule has 2 atom stereocenters. The highest BCUT2D eigenvalue weighted by atomic mass is 32.2. The van der Waals surface area contributed by atoms with Crippen LogP contribution in [0.3, 0.4) is 0 Å². The van der Waals surface area contributed by atoms with Crippen LogP contribution >= 0.6 is 0 Å². The largest absolute Gasteiger partial charge is 0.770 e. The molecule has 1 aromatic carbocycles. The molecule has 6 heteroatoms. The lowest BCUT2D eigenvalue weighted by atomic mass is 10.1. The van der Waals surface area contributed by atoms with E-state index in [2.05, 4.69) is 0 Å². The van der Waals surface area contributed by atoms with Crippen molar-refractivity contribution in [3.8, 4) is 0 Å². The number of carbonyl (C=O) groups is 1. The molecule has 0 aromatic heterocycles. The molecule has 1 aromatic rings. The summed E-state index contributed by atoms with van der Waals surface area (Å²) in [5.41, 5.74) is 5.32. The van der Waals surface area contributed by atoms with Gasteiger partial charge in [-0.15, -0.1) is 0 Å². The molecule has 0 amide bonds. The predicted molar refractivity (Wildman–Crippen MR) is 48.9 cm³/mol. The van der Waals surface area contributed by atoms with Crippen molar-refractivity contribution in [3.05, 3.63) is 35.9 Å². The predicted octanol–water partition coefficient (Wildman–Crippen LogP) is -0.238. The summed E-state index contributed by atoms with van der Waals surface area (Å²) in [7, 11) is 0. The maximum absolute atomic E-state index is 10.8. The van der Waals surface area contributed by atoms with Gasteiger partial charge >= 0.3 is 5.97 Å². The molecule has 0 aliphatic heterocycles. The number of carboxylic acids is 1. The number of benzene rings is 1. The van der Waals surface area contributed by atoms with E-state index in [1.165, 1.54) is 24.3 Å². The molecule has 5 nitrogen and oxygen atoms in total. The van der Waals surface area contributed by atoms with E-state index in [-0.39, 0.29) is 5.56 Å². The van der Waals surface area contributed by atoms with Crippen LogP contribution in [0.2, 0.25) is 0 Å². The number of hydrogen-bond acceptors (Lipinski definition) is 4. The van der Waals surface area contributed by atoms with Crippen LogP contribution in [0, 0.1) is 0 Å². The van der Waals surface area contributed by atoms with Crippen molar-refractivity contribution in [2.45, 2.75) is 4.87 Å². The Kier molecular flexibility index (Phi) is 3.00. The zero-order chi connectivity index (χ0) is 10.8. The molecule has 0 radical (unpaired) electrons. The fourth-order valence-corrected chi connectivity index (χ4v) is 1.45. The summed E-state index contributed by atoms with van der Waals surface area (Å²) >= 11 is -2.92. The number of aliphatic carboxylic acids is 1. The Morgan fingerprint density at radius 1 is 1.43 bits per heavy atom. The Morgan fingerprint density at radius 2 is 1.93 bits per heavy atom. The molecule has 1 rings (SSSR count). The Bertz CT molecular complexity index is 351. The first-order valence-electron chi connectivity index (χ1n) is 3.66. The van der Waals surface area contributed by atoms with E-state index in [4.69, 9.17) is 10.8 Å². The van der Waals surface area contributed by atoms with Gasteiger partial charge in [0.1, 0.15) is 0 Å². The molecular weight excluding hydrogens is 206 g/mol. The first-order valence-corrected chi connectivity index (χ1v) is 4.74. The molecule has 0 bridgehead atoms. The van der Waals surface area contributed by atoms with Gasteiger partial charge in [0.05, 0.1) is 0 Å². The number of rotatable bonds is 3. The van der Waals surface area contributed by atoms with Crippen molar-refractivity contribution >= 4 is 17.0 Å². The Morgan fingerprint density at radius 3 is 2.29 bits per heavy atom. The third-order valence-electron chi connectivity index (χ3n) is 1.78. The van der Waals surface area contributed by atoms with Crippen LogP contribution in [0.5, 0.6) is 0 Å². The Balaban J connectivity index is 3.27. The van der Waals surface area contributed by atoms with Gasteiger partial charge in [-0.3, -0.25) is 4.21 Å². The third kappa shape index (κ3) is 1.67.